The first kappa shape index (κ1) is 12.8. The average molecular weight is 291 g/mol. The van der Waals surface area contributed by atoms with Crippen molar-refractivity contribution in [3.8, 4) is 0 Å². The van der Waals surface area contributed by atoms with Crippen LogP contribution in [0.2, 0.25) is 0 Å². The maximum absolute atomic E-state index is 6.22. The van der Waals surface area contributed by atoms with Gasteiger partial charge in [0.2, 0.25) is 0 Å². The zero-order valence-electron chi connectivity index (χ0n) is 10.4. The minimum Gasteiger partial charge on any atom is -0.376 e. The van der Waals surface area contributed by atoms with Gasteiger partial charge in [0.05, 0.1) is 18.8 Å². The van der Waals surface area contributed by atoms with E-state index in [1.54, 1.807) is 0 Å². The van der Waals surface area contributed by atoms with Crippen LogP contribution in [-0.2, 0) is 9.47 Å². The lowest BCUT2D eigenvalue weighted by Crippen LogP contribution is -2.48. The summed E-state index contributed by atoms with van der Waals surface area (Å²) in [6, 6.07) is 0. The molecule has 0 spiro atoms. The molecular formula is C13H23BrO2. The van der Waals surface area contributed by atoms with E-state index in [0.717, 1.165) is 30.4 Å². The molecule has 2 rings (SSSR count). The number of ether oxygens (including phenoxy) is 2. The van der Waals surface area contributed by atoms with Crippen molar-refractivity contribution < 1.29 is 9.47 Å². The largest absolute Gasteiger partial charge is 0.376 e. The second kappa shape index (κ2) is 5.36. The summed E-state index contributed by atoms with van der Waals surface area (Å²) < 4.78 is 11.4. The van der Waals surface area contributed by atoms with Crippen molar-refractivity contribution in [2.24, 2.45) is 11.8 Å². The Balaban J connectivity index is 1.86. The number of rotatable bonds is 4. The van der Waals surface area contributed by atoms with Gasteiger partial charge in [-0.25, -0.2) is 0 Å². The highest BCUT2D eigenvalue weighted by molar-refractivity contribution is 9.09. The quantitative estimate of drug-likeness (QED) is 0.739. The van der Waals surface area contributed by atoms with Gasteiger partial charge < -0.3 is 9.47 Å². The molecule has 1 aliphatic carbocycles. The predicted octanol–water partition coefficient (Wildman–Crippen LogP) is 3.38. The Hall–Kier alpha value is 0.400. The van der Waals surface area contributed by atoms with Crippen LogP contribution in [0.15, 0.2) is 0 Å². The summed E-state index contributed by atoms with van der Waals surface area (Å²) in [6.07, 6.45) is 5.40. The Bertz CT molecular complexity index is 218. The molecule has 1 aliphatic heterocycles. The first-order chi connectivity index (χ1) is 7.65. The number of hydrogen-bond acceptors (Lipinski definition) is 2. The van der Waals surface area contributed by atoms with Gasteiger partial charge in [-0.2, -0.15) is 0 Å². The molecule has 3 heteroatoms. The third-order valence-corrected chi connectivity index (χ3v) is 5.17. The molecule has 0 aromatic heterocycles. The minimum absolute atomic E-state index is 0.0971. The fourth-order valence-electron chi connectivity index (χ4n) is 2.75. The molecule has 2 fully saturated rings. The van der Waals surface area contributed by atoms with Crippen molar-refractivity contribution in [3.05, 3.63) is 0 Å². The summed E-state index contributed by atoms with van der Waals surface area (Å²) in [5.74, 6) is 1.72. The van der Waals surface area contributed by atoms with Gasteiger partial charge in [-0.3, -0.25) is 0 Å². The molecule has 16 heavy (non-hydrogen) atoms. The highest BCUT2D eigenvalue weighted by Gasteiger charge is 2.39. The lowest BCUT2D eigenvalue weighted by Gasteiger charge is -2.44. The monoisotopic (exact) mass is 290 g/mol. The smallest absolute Gasteiger partial charge is 0.105 e. The Morgan fingerprint density at radius 1 is 1.31 bits per heavy atom. The van der Waals surface area contributed by atoms with Crippen LogP contribution in [0.3, 0.4) is 0 Å². The molecule has 0 unspecified atom stereocenters. The standard InChI is InChI=1S/C13H23BrO2/c1-10(2)11-3-5-13(9-14,6-4-11)16-12-7-15-8-12/h10-12H,3-9H2,1-2H3. The molecule has 0 radical (unpaired) electrons. The van der Waals surface area contributed by atoms with Gasteiger partial charge in [0, 0.05) is 5.33 Å². The van der Waals surface area contributed by atoms with Gasteiger partial charge >= 0.3 is 0 Å². The van der Waals surface area contributed by atoms with Crippen LogP contribution in [0, 0.1) is 11.8 Å². The fourth-order valence-corrected chi connectivity index (χ4v) is 3.44. The van der Waals surface area contributed by atoms with E-state index in [-0.39, 0.29) is 5.60 Å². The first-order valence-corrected chi connectivity index (χ1v) is 7.59. The van der Waals surface area contributed by atoms with Crippen molar-refractivity contribution >= 4 is 15.9 Å². The molecule has 0 atom stereocenters. The molecule has 1 saturated heterocycles. The topological polar surface area (TPSA) is 18.5 Å². The molecular weight excluding hydrogens is 268 g/mol. The summed E-state index contributed by atoms with van der Waals surface area (Å²) in [5, 5.41) is 0.974. The normalized spacial score (nSPS) is 36.4. The lowest BCUT2D eigenvalue weighted by molar-refractivity contribution is -0.196. The van der Waals surface area contributed by atoms with E-state index >= 15 is 0 Å². The predicted molar refractivity (Wildman–Crippen MR) is 69.0 cm³/mol. The second-order valence-corrected chi connectivity index (χ2v) is 6.24. The Morgan fingerprint density at radius 3 is 2.31 bits per heavy atom. The fraction of sp³-hybridized carbons (Fsp3) is 1.00. The van der Waals surface area contributed by atoms with Crippen LogP contribution >= 0.6 is 15.9 Å². The molecule has 0 aromatic carbocycles. The van der Waals surface area contributed by atoms with Gasteiger partial charge in [-0.05, 0) is 37.5 Å². The van der Waals surface area contributed by atoms with E-state index in [0.29, 0.717) is 6.10 Å². The van der Waals surface area contributed by atoms with Crippen LogP contribution in [0.1, 0.15) is 39.5 Å². The highest BCUT2D eigenvalue weighted by Crippen LogP contribution is 2.40. The van der Waals surface area contributed by atoms with Crippen molar-refractivity contribution in [2.45, 2.75) is 51.2 Å². The van der Waals surface area contributed by atoms with E-state index in [2.05, 4.69) is 29.8 Å². The summed E-state index contributed by atoms with van der Waals surface area (Å²) in [4.78, 5) is 0. The number of alkyl halides is 1. The van der Waals surface area contributed by atoms with E-state index in [4.69, 9.17) is 9.47 Å². The second-order valence-electron chi connectivity index (χ2n) is 5.68. The van der Waals surface area contributed by atoms with E-state index < -0.39 is 0 Å². The maximum Gasteiger partial charge on any atom is 0.105 e. The molecule has 1 heterocycles. The summed E-state index contributed by atoms with van der Waals surface area (Å²) in [7, 11) is 0. The average Bonchev–Trinajstić information content (AvgIpc) is 2.24. The van der Waals surface area contributed by atoms with Gasteiger partial charge in [-0.15, -0.1) is 0 Å². The third kappa shape index (κ3) is 2.80. The number of halogens is 1. The van der Waals surface area contributed by atoms with Gasteiger partial charge in [0.1, 0.15) is 6.10 Å². The number of hydrogen-bond donors (Lipinski definition) is 0. The van der Waals surface area contributed by atoms with Gasteiger partial charge in [0.15, 0.2) is 0 Å². The van der Waals surface area contributed by atoms with E-state index in [1.807, 2.05) is 0 Å². The Labute approximate surface area is 107 Å². The zero-order valence-corrected chi connectivity index (χ0v) is 12.0. The maximum atomic E-state index is 6.22. The molecule has 2 nitrogen and oxygen atoms in total. The van der Waals surface area contributed by atoms with Crippen LogP contribution < -0.4 is 0 Å². The summed E-state index contributed by atoms with van der Waals surface area (Å²) in [5.41, 5.74) is 0.0971. The Morgan fingerprint density at radius 2 is 1.94 bits per heavy atom. The first-order valence-electron chi connectivity index (χ1n) is 6.47. The van der Waals surface area contributed by atoms with Crippen LogP contribution in [-0.4, -0.2) is 30.2 Å². The van der Waals surface area contributed by atoms with Gasteiger partial charge in [0.25, 0.3) is 0 Å². The van der Waals surface area contributed by atoms with E-state index in [9.17, 15) is 0 Å². The summed E-state index contributed by atoms with van der Waals surface area (Å²) in [6.45, 7) is 6.27. The molecule has 2 aliphatic rings. The van der Waals surface area contributed by atoms with Crippen LogP contribution in [0.25, 0.3) is 0 Å². The van der Waals surface area contributed by atoms with E-state index in [1.165, 1.54) is 25.7 Å². The van der Waals surface area contributed by atoms with Crippen molar-refractivity contribution in [2.75, 3.05) is 18.5 Å². The van der Waals surface area contributed by atoms with Gasteiger partial charge in [-0.1, -0.05) is 29.8 Å². The third-order valence-electron chi connectivity index (χ3n) is 4.15. The minimum atomic E-state index is 0.0971. The molecule has 1 saturated carbocycles. The molecule has 0 bridgehead atoms. The van der Waals surface area contributed by atoms with Crippen molar-refractivity contribution in [1.29, 1.82) is 0 Å². The van der Waals surface area contributed by atoms with Crippen LogP contribution in [0.5, 0.6) is 0 Å². The summed E-state index contributed by atoms with van der Waals surface area (Å²) >= 11 is 3.64. The molecule has 0 amide bonds. The molecule has 0 aromatic rings. The molecule has 0 N–H and O–H groups in total. The highest BCUT2D eigenvalue weighted by atomic mass is 79.9. The molecule has 94 valence electrons. The van der Waals surface area contributed by atoms with Crippen molar-refractivity contribution in [3.63, 3.8) is 0 Å². The van der Waals surface area contributed by atoms with Crippen molar-refractivity contribution in [1.82, 2.24) is 0 Å². The lowest BCUT2D eigenvalue weighted by atomic mass is 9.75. The SMILES string of the molecule is CC(C)C1CCC(CBr)(OC2COC2)CC1. The zero-order chi connectivity index (χ0) is 11.6. The van der Waals surface area contributed by atoms with Crippen LogP contribution in [0.4, 0.5) is 0 Å². The Kier molecular flexibility index (Phi) is 4.31.